The minimum Gasteiger partial charge on any atom is -0.463 e. The molecule has 0 N–H and O–H groups in total. The quantitative estimate of drug-likeness (QED) is 0.0871. The van der Waals surface area contributed by atoms with E-state index in [1.54, 1.807) is 20.8 Å². The Morgan fingerprint density at radius 1 is 0.595 bits per heavy atom. The molecule has 20 nitrogen and oxygen atoms in total. The molecule has 0 spiro atoms. The average molecular weight is 1110 g/mol. The van der Waals surface area contributed by atoms with Gasteiger partial charge in [0.15, 0.2) is 13.2 Å². The van der Waals surface area contributed by atoms with E-state index in [9.17, 15) is 47.9 Å². The molecule has 0 aromatic carbocycles. The van der Waals surface area contributed by atoms with E-state index in [-0.39, 0.29) is 77.7 Å². The van der Waals surface area contributed by atoms with Gasteiger partial charge in [0.05, 0.1) is 18.9 Å². The summed E-state index contributed by atoms with van der Waals surface area (Å²) in [6, 6.07) is 0. The first-order chi connectivity index (χ1) is 37.1. The van der Waals surface area contributed by atoms with Crippen LogP contribution in [0.4, 0.5) is 0 Å². The van der Waals surface area contributed by atoms with Crippen LogP contribution in [-0.2, 0) is 95.3 Å². The van der Waals surface area contributed by atoms with Gasteiger partial charge in [-0.05, 0) is 142 Å². The van der Waals surface area contributed by atoms with Crippen LogP contribution in [0.15, 0.2) is 60.8 Å². The van der Waals surface area contributed by atoms with Gasteiger partial charge in [0.1, 0.15) is 36.1 Å². The topological polar surface area (TPSA) is 263 Å². The van der Waals surface area contributed by atoms with Gasteiger partial charge in [0, 0.05) is 46.1 Å². The maximum atomic E-state index is 12.2. The van der Waals surface area contributed by atoms with Crippen molar-refractivity contribution in [2.45, 2.75) is 180 Å². The maximum absolute atomic E-state index is 12.2. The van der Waals surface area contributed by atoms with Crippen molar-refractivity contribution >= 4 is 59.7 Å². The lowest BCUT2D eigenvalue weighted by atomic mass is 9.50. The third kappa shape index (κ3) is 17.2. The van der Waals surface area contributed by atoms with Gasteiger partial charge < -0.3 is 47.4 Å². The summed E-state index contributed by atoms with van der Waals surface area (Å²) in [5.41, 5.74) is 1.08. The SMILES string of the molecule is C=C(C)C(=O)OC1(CC)CCCCC1.C=C(C)C(=O)OC1C2CC3C(=O)OC1C3C2.C=C(C)C(=O)OC1CCOC1=O.C=C(C)C(=O)OC1COC(=O)C1.C=C(C)C(=O)OCC(=O)OCC(=O)OC1(C)C2CC3CC(C2)CC1C3. The molecule has 10 aliphatic rings. The van der Waals surface area contributed by atoms with Crippen LogP contribution in [0.25, 0.3) is 0 Å². The second-order valence-corrected chi connectivity index (χ2v) is 22.6. The van der Waals surface area contributed by atoms with Crippen molar-refractivity contribution in [3.63, 3.8) is 0 Å². The number of ether oxygens (including phenoxy) is 10. The zero-order chi connectivity index (χ0) is 58.5. The molecule has 79 heavy (non-hydrogen) atoms. The highest BCUT2D eigenvalue weighted by Gasteiger charge is 2.63. The van der Waals surface area contributed by atoms with Crippen LogP contribution in [0.2, 0.25) is 0 Å². The van der Waals surface area contributed by atoms with E-state index < -0.39 is 66.8 Å². The van der Waals surface area contributed by atoms with Crippen molar-refractivity contribution in [3.8, 4) is 0 Å². The number of cyclic esters (lactones) is 2. The van der Waals surface area contributed by atoms with E-state index >= 15 is 0 Å². The molecule has 10 fully saturated rings. The summed E-state index contributed by atoms with van der Waals surface area (Å²) >= 11 is 0. The fourth-order valence-electron chi connectivity index (χ4n) is 11.9. The Kier molecular flexibility index (Phi) is 22.4. The lowest BCUT2D eigenvalue weighted by Crippen LogP contribution is -2.58. The zero-order valence-corrected chi connectivity index (χ0v) is 47.0. The number of carbonyl (C=O) groups excluding carboxylic acids is 10. The molecule has 0 aromatic rings. The number of carbonyl (C=O) groups is 10. The van der Waals surface area contributed by atoms with Crippen molar-refractivity contribution in [1.82, 2.24) is 0 Å². The van der Waals surface area contributed by atoms with Gasteiger partial charge in [-0.25, -0.2) is 38.4 Å². The monoisotopic (exact) mass is 1110 g/mol. The number of esters is 10. The van der Waals surface area contributed by atoms with E-state index in [0.29, 0.717) is 47.5 Å². The molecule has 0 amide bonds. The Balaban J connectivity index is 0.000000188. The van der Waals surface area contributed by atoms with E-state index in [0.717, 1.165) is 69.6 Å². The molecule has 0 aromatic heterocycles. The number of hydrogen-bond donors (Lipinski definition) is 0. The van der Waals surface area contributed by atoms with Gasteiger partial charge in [-0.3, -0.25) is 9.59 Å². The van der Waals surface area contributed by atoms with Gasteiger partial charge in [0.25, 0.3) is 0 Å². The van der Waals surface area contributed by atoms with Crippen LogP contribution in [0, 0.1) is 41.4 Å². The van der Waals surface area contributed by atoms with E-state index in [4.69, 9.17) is 33.2 Å². The summed E-state index contributed by atoms with van der Waals surface area (Å²) < 4.78 is 50.4. The number of rotatable bonds is 15. The van der Waals surface area contributed by atoms with Gasteiger partial charge >= 0.3 is 59.7 Å². The predicted molar refractivity (Wildman–Crippen MR) is 280 cm³/mol. The fraction of sp³-hybridized carbons (Fsp3) is 0.661. The van der Waals surface area contributed by atoms with Crippen LogP contribution < -0.4 is 0 Å². The van der Waals surface area contributed by atoms with Crippen LogP contribution in [0.1, 0.15) is 145 Å². The van der Waals surface area contributed by atoms with Crippen molar-refractivity contribution < 1.29 is 95.3 Å². The lowest BCUT2D eigenvalue weighted by molar-refractivity contribution is -0.207. The highest BCUT2D eigenvalue weighted by atomic mass is 16.6. The van der Waals surface area contributed by atoms with E-state index in [1.807, 2.05) is 6.92 Å². The molecule has 436 valence electrons. The molecule has 0 radical (unpaired) electrons. The second kappa shape index (κ2) is 28.0. The zero-order valence-electron chi connectivity index (χ0n) is 47.0. The first kappa shape index (κ1) is 63.2. The van der Waals surface area contributed by atoms with E-state index in [1.165, 1.54) is 39.5 Å². The fourth-order valence-corrected chi connectivity index (χ4v) is 11.9. The lowest BCUT2D eigenvalue weighted by Gasteiger charge is -2.59. The Hall–Kier alpha value is -6.60. The molecule has 6 bridgehead atoms. The average Bonchev–Trinajstić information content (AvgIpc) is 4.44. The summed E-state index contributed by atoms with van der Waals surface area (Å²) in [7, 11) is 0. The smallest absolute Gasteiger partial charge is 0.347 e. The summed E-state index contributed by atoms with van der Waals surface area (Å²) in [5, 5.41) is 0. The van der Waals surface area contributed by atoms with Crippen LogP contribution in [0.3, 0.4) is 0 Å². The third-order valence-electron chi connectivity index (χ3n) is 16.1. The van der Waals surface area contributed by atoms with Gasteiger partial charge in [-0.1, -0.05) is 46.2 Å². The Labute approximate surface area is 462 Å². The normalized spacial score (nSPS) is 30.1. The standard InChI is InChI=1S/C19H26O6.C12H14O4.C12H20O2.2C8H10O4/c1-11(2)18(22)24-9-16(20)23-10-17(21)25-19(3)14-5-12-4-13(7-14)8-15(19)6-12;1-5(2)11(13)15-9-6-3-7-8(4-6)12(14)16-10(7)9;1-4-12(8-6-5-7-9-12)14-11(13)10(2)3;1-5(2)8(10)12-6-3-7(9)11-4-6;1-5(2)7(9)12-6-3-4-11-8(6)10/h12-15H,1,4-10H2,2-3H3;6-10H,1,3-4H2,2H3;2,4-9H2,1,3H3;2*6H,1,3-4H2,2H3. The Bertz CT molecular complexity index is 2380. The largest absolute Gasteiger partial charge is 0.463 e. The van der Waals surface area contributed by atoms with Crippen LogP contribution in [-0.4, -0.2) is 122 Å². The first-order valence-corrected chi connectivity index (χ1v) is 27.4. The van der Waals surface area contributed by atoms with Crippen molar-refractivity contribution in [3.05, 3.63) is 60.8 Å². The predicted octanol–water partition coefficient (Wildman–Crippen LogP) is 7.52. The highest BCUT2D eigenvalue weighted by molar-refractivity contribution is 5.91. The molecule has 10 rings (SSSR count). The van der Waals surface area contributed by atoms with Crippen LogP contribution >= 0.6 is 0 Å². The third-order valence-corrected chi connectivity index (χ3v) is 16.1. The van der Waals surface area contributed by atoms with Crippen molar-refractivity contribution in [1.29, 1.82) is 0 Å². The summed E-state index contributed by atoms with van der Waals surface area (Å²) in [6.07, 6.45) is 13.2. The molecule has 7 unspecified atom stereocenters. The van der Waals surface area contributed by atoms with Gasteiger partial charge in [-0.15, -0.1) is 0 Å². The molecule has 7 saturated carbocycles. The molecule has 7 aliphatic carbocycles. The summed E-state index contributed by atoms with van der Waals surface area (Å²) in [5.74, 6) is -1.44. The van der Waals surface area contributed by atoms with Crippen molar-refractivity contribution in [2.24, 2.45) is 41.4 Å². The Morgan fingerprint density at radius 2 is 1.14 bits per heavy atom. The first-order valence-electron chi connectivity index (χ1n) is 27.4. The number of fused-ring (bicyclic) bond motifs is 1. The minimum atomic E-state index is -0.776. The molecule has 3 saturated heterocycles. The van der Waals surface area contributed by atoms with Gasteiger partial charge in [0.2, 0.25) is 6.10 Å². The molecular formula is C59H80O20. The summed E-state index contributed by atoms with van der Waals surface area (Å²) in [4.78, 5) is 113. The summed E-state index contributed by atoms with van der Waals surface area (Å²) in [6.45, 7) is 28.9. The molecule has 20 heteroatoms. The molecule has 3 aliphatic heterocycles. The Morgan fingerprint density at radius 3 is 1.65 bits per heavy atom. The number of hydrogen-bond acceptors (Lipinski definition) is 20. The molecular weight excluding hydrogens is 1030 g/mol. The van der Waals surface area contributed by atoms with Crippen LogP contribution in [0.5, 0.6) is 0 Å². The minimum absolute atomic E-state index is 0.0646. The second-order valence-electron chi connectivity index (χ2n) is 22.6. The highest BCUT2D eigenvalue weighted by Crippen LogP contribution is 2.59. The molecule has 3 heterocycles. The molecule has 7 atom stereocenters. The van der Waals surface area contributed by atoms with Crippen molar-refractivity contribution in [2.75, 3.05) is 26.4 Å². The van der Waals surface area contributed by atoms with E-state index in [2.05, 4.69) is 54.0 Å². The van der Waals surface area contributed by atoms with Gasteiger partial charge in [-0.2, -0.15) is 0 Å². The maximum Gasteiger partial charge on any atom is 0.347 e.